The van der Waals surface area contributed by atoms with Crippen molar-refractivity contribution in [3.8, 4) is 0 Å². The fourth-order valence-corrected chi connectivity index (χ4v) is 2.59. The van der Waals surface area contributed by atoms with E-state index in [0.717, 1.165) is 0 Å². The number of carboxylic acid groups (broad SMARTS) is 2. The van der Waals surface area contributed by atoms with E-state index in [2.05, 4.69) is 21.3 Å². The third-order valence-corrected chi connectivity index (χ3v) is 4.96. The van der Waals surface area contributed by atoms with Crippen molar-refractivity contribution < 1.29 is 39.0 Å². The smallest absolute Gasteiger partial charge is 0.326 e. The zero-order valence-corrected chi connectivity index (χ0v) is 19.3. The van der Waals surface area contributed by atoms with E-state index >= 15 is 0 Å². The average molecular weight is 474 g/mol. The highest BCUT2D eigenvalue weighted by Crippen LogP contribution is 2.08. The second-order valence-corrected chi connectivity index (χ2v) is 8.03. The van der Waals surface area contributed by atoms with E-state index in [9.17, 15) is 28.8 Å². The molecule has 0 aliphatic rings. The van der Waals surface area contributed by atoms with Crippen molar-refractivity contribution in [1.29, 1.82) is 0 Å². The molecule has 13 nitrogen and oxygen atoms in total. The first-order chi connectivity index (χ1) is 15.3. The molecular weight excluding hydrogens is 438 g/mol. The first-order valence-electron chi connectivity index (χ1n) is 10.6. The summed E-state index contributed by atoms with van der Waals surface area (Å²) in [5.74, 6) is -5.62. The van der Waals surface area contributed by atoms with Crippen LogP contribution in [0.25, 0.3) is 0 Å². The highest BCUT2D eigenvalue weighted by molar-refractivity contribution is 5.93. The van der Waals surface area contributed by atoms with Crippen molar-refractivity contribution in [3.63, 3.8) is 0 Å². The monoisotopic (exact) mass is 473 g/mol. The first kappa shape index (κ1) is 29.8. The minimum absolute atomic E-state index is 0.0809. The number of hydrogen-bond acceptors (Lipinski definition) is 7. The van der Waals surface area contributed by atoms with Crippen LogP contribution >= 0.6 is 0 Å². The number of carbonyl (C=O) groups excluding carboxylic acids is 4. The van der Waals surface area contributed by atoms with Gasteiger partial charge in [0.15, 0.2) is 0 Å². The molecule has 0 unspecified atom stereocenters. The molecule has 0 saturated carbocycles. The lowest BCUT2D eigenvalue weighted by atomic mass is 9.97. The van der Waals surface area contributed by atoms with Gasteiger partial charge in [-0.25, -0.2) is 4.79 Å². The quantitative estimate of drug-likeness (QED) is 0.142. The second kappa shape index (κ2) is 14.8. The fourth-order valence-electron chi connectivity index (χ4n) is 2.59. The van der Waals surface area contributed by atoms with E-state index in [0.29, 0.717) is 6.42 Å². The molecule has 0 heterocycles. The van der Waals surface area contributed by atoms with Gasteiger partial charge >= 0.3 is 11.9 Å². The normalized spacial score (nSPS) is 14.4. The van der Waals surface area contributed by atoms with E-state index in [-0.39, 0.29) is 18.3 Å². The van der Waals surface area contributed by atoms with Crippen molar-refractivity contribution in [2.45, 2.75) is 65.1 Å². The summed E-state index contributed by atoms with van der Waals surface area (Å²) in [7, 11) is 0. The highest BCUT2D eigenvalue weighted by atomic mass is 16.4. The van der Waals surface area contributed by atoms with Crippen molar-refractivity contribution in [3.05, 3.63) is 0 Å². The molecule has 0 fully saturated rings. The number of carbonyl (C=O) groups is 6. The average Bonchev–Trinajstić information content (AvgIpc) is 2.74. The van der Waals surface area contributed by atoms with Gasteiger partial charge in [0.1, 0.15) is 12.1 Å². The Balaban J connectivity index is 4.63. The molecule has 0 bridgehead atoms. The Morgan fingerprint density at radius 3 is 1.91 bits per heavy atom. The van der Waals surface area contributed by atoms with Gasteiger partial charge in [-0.2, -0.15) is 0 Å². The lowest BCUT2D eigenvalue weighted by Crippen LogP contribution is -2.56. The Hall–Kier alpha value is -3.22. The molecule has 0 aliphatic heterocycles. The van der Waals surface area contributed by atoms with E-state index in [1.54, 1.807) is 13.8 Å². The molecule has 4 atom stereocenters. The predicted octanol–water partition coefficient (Wildman–Crippen LogP) is -1.83. The number of nitrogens with one attached hydrogen (secondary N) is 4. The van der Waals surface area contributed by atoms with Crippen LogP contribution in [-0.2, 0) is 28.8 Å². The summed E-state index contributed by atoms with van der Waals surface area (Å²) in [4.78, 5) is 70.1. The molecule has 4 amide bonds. The van der Waals surface area contributed by atoms with Gasteiger partial charge in [-0.3, -0.25) is 24.0 Å². The zero-order chi connectivity index (χ0) is 25.7. The Morgan fingerprint density at radius 1 is 0.848 bits per heavy atom. The van der Waals surface area contributed by atoms with Crippen LogP contribution in [-0.4, -0.2) is 77.0 Å². The van der Waals surface area contributed by atoms with Crippen LogP contribution in [0.1, 0.15) is 47.0 Å². The van der Waals surface area contributed by atoms with Gasteiger partial charge in [-0.1, -0.05) is 34.1 Å². The van der Waals surface area contributed by atoms with Crippen LogP contribution < -0.4 is 27.0 Å². The Bertz CT molecular complexity index is 727. The molecule has 13 heteroatoms. The molecule has 0 aromatic rings. The van der Waals surface area contributed by atoms with Crippen molar-refractivity contribution in [2.75, 3.05) is 13.1 Å². The maximum Gasteiger partial charge on any atom is 0.326 e. The number of carboxylic acids is 2. The van der Waals surface area contributed by atoms with Gasteiger partial charge in [0.05, 0.1) is 19.1 Å². The van der Waals surface area contributed by atoms with Crippen molar-refractivity contribution in [2.24, 2.45) is 17.6 Å². The molecule has 0 aromatic carbocycles. The van der Waals surface area contributed by atoms with Crippen LogP contribution in [0.5, 0.6) is 0 Å². The standard InChI is InChI=1S/C20H35N5O8/c1-5-11(4)16(21)18(30)25-17(10(2)3)19(31)23-8-13(26)22-9-14(27)24-12(20(32)33)6-7-15(28)29/h10-12,16-17H,5-9,21H2,1-4H3,(H,22,26)(H,23,31)(H,24,27)(H,25,30)(H,28,29)(H,32,33)/t11-,12-,16-,17-/m0/s1. The topological polar surface area (TPSA) is 217 Å². The van der Waals surface area contributed by atoms with Crippen LogP contribution in [0.3, 0.4) is 0 Å². The molecule has 0 aliphatic carbocycles. The van der Waals surface area contributed by atoms with Crippen LogP contribution in [0.15, 0.2) is 0 Å². The predicted molar refractivity (Wildman–Crippen MR) is 117 cm³/mol. The van der Waals surface area contributed by atoms with Gasteiger partial charge in [0.25, 0.3) is 0 Å². The largest absolute Gasteiger partial charge is 0.481 e. The van der Waals surface area contributed by atoms with E-state index in [1.807, 2.05) is 13.8 Å². The molecular formula is C20H35N5O8. The lowest BCUT2D eigenvalue weighted by Gasteiger charge is -2.25. The van der Waals surface area contributed by atoms with Gasteiger partial charge in [0, 0.05) is 6.42 Å². The molecule has 0 saturated heterocycles. The van der Waals surface area contributed by atoms with Gasteiger partial charge in [-0.15, -0.1) is 0 Å². The molecule has 33 heavy (non-hydrogen) atoms. The van der Waals surface area contributed by atoms with Crippen molar-refractivity contribution in [1.82, 2.24) is 21.3 Å². The third-order valence-electron chi connectivity index (χ3n) is 4.96. The number of aliphatic carboxylic acids is 2. The summed E-state index contributed by atoms with van der Waals surface area (Å²) in [6.45, 7) is 6.09. The van der Waals surface area contributed by atoms with Gasteiger partial charge in [-0.05, 0) is 18.3 Å². The molecule has 0 aromatic heterocycles. The zero-order valence-electron chi connectivity index (χ0n) is 19.3. The lowest BCUT2D eigenvalue weighted by molar-refractivity contribution is -0.143. The maximum atomic E-state index is 12.4. The Morgan fingerprint density at radius 2 is 1.42 bits per heavy atom. The third kappa shape index (κ3) is 11.8. The Kier molecular flexibility index (Phi) is 13.3. The number of nitrogens with two attached hydrogens (primary N) is 1. The summed E-state index contributed by atoms with van der Waals surface area (Å²) in [5.41, 5.74) is 5.89. The summed E-state index contributed by atoms with van der Waals surface area (Å²) >= 11 is 0. The summed E-state index contributed by atoms with van der Waals surface area (Å²) in [6, 6.07) is -3.12. The van der Waals surface area contributed by atoms with Crippen LogP contribution in [0.4, 0.5) is 0 Å². The minimum Gasteiger partial charge on any atom is -0.481 e. The molecule has 0 radical (unpaired) electrons. The highest BCUT2D eigenvalue weighted by Gasteiger charge is 2.28. The van der Waals surface area contributed by atoms with Gasteiger partial charge < -0.3 is 37.2 Å². The molecule has 8 N–H and O–H groups in total. The number of rotatable bonds is 15. The first-order valence-corrected chi connectivity index (χ1v) is 10.6. The molecule has 0 spiro atoms. The van der Waals surface area contributed by atoms with E-state index in [4.69, 9.17) is 15.9 Å². The van der Waals surface area contributed by atoms with Crippen LogP contribution in [0.2, 0.25) is 0 Å². The maximum absolute atomic E-state index is 12.4. The Labute approximate surface area is 192 Å². The molecule has 188 valence electrons. The summed E-state index contributed by atoms with van der Waals surface area (Å²) in [6.07, 6.45) is -0.0808. The molecule has 0 rings (SSSR count). The summed E-state index contributed by atoms with van der Waals surface area (Å²) in [5, 5.41) is 26.9. The van der Waals surface area contributed by atoms with Gasteiger partial charge in [0.2, 0.25) is 23.6 Å². The SMILES string of the molecule is CC[C@H](C)[C@H](N)C(=O)N[C@H](C(=O)NCC(=O)NCC(=O)N[C@@H](CCC(=O)O)C(=O)O)C(C)C. The fraction of sp³-hybridized carbons (Fsp3) is 0.700. The number of hydrogen-bond donors (Lipinski definition) is 7. The van der Waals surface area contributed by atoms with Crippen molar-refractivity contribution >= 4 is 35.6 Å². The minimum atomic E-state index is -1.41. The van der Waals surface area contributed by atoms with E-state index < -0.39 is 73.2 Å². The number of amides is 4. The summed E-state index contributed by atoms with van der Waals surface area (Å²) < 4.78 is 0. The second-order valence-electron chi connectivity index (χ2n) is 8.03. The van der Waals surface area contributed by atoms with E-state index in [1.165, 1.54) is 0 Å². The van der Waals surface area contributed by atoms with Crippen LogP contribution in [0, 0.1) is 11.8 Å².